The Balaban J connectivity index is 2.15. The van der Waals surface area contributed by atoms with Crippen LogP contribution >= 0.6 is 11.6 Å². The van der Waals surface area contributed by atoms with Crippen LogP contribution in [0, 0.1) is 6.92 Å². The molecule has 0 aliphatic rings. The molecule has 1 atom stereocenters. The van der Waals surface area contributed by atoms with Crippen LogP contribution in [0.1, 0.15) is 25.5 Å². The van der Waals surface area contributed by atoms with Gasteiger partial charge in [0.05, 0.1) is 22.1 Å². The predicted octanol–water partition coefficient (Wildman–Crippen LogP) is 3.76. The van der Waals surface area contributed by atoms with Gasteiger partial charge in [0, 0.05) is 6.54 Å². The lowest BCUT2D eigenvalue weighted by Gasteiger charge is -2.12. The largest absolute Gasteiger partial charge is 0.367 e. The summed E-state index contributed by atoms with van der Waals surface area (Å²) in [5, 5.41) is 3.43. The number of hydrogen-bond donors (Lipinski definition) is 1. The van der Waals surface area contributed by atoms with Crippen molar-refractivity contribution in [2.45, 2.75) is 32.1 Å². The Hall–Kier alpha value is -1.35. The number of nitrogens with one attached hydrogen (secondary N) is 1. The summed E-state index contributed by atoms with van der Waals surface area (Å²) in [6, 6.07) is 7.88. The highest BCUT2D eigenvalue weighted by molar-refractivity contribution is 6.20. The third-order valence-corrected chi connectivity index (χ3v) is 3.21. The summed E-state index contributed by atoms with van der Waals surface area (Å²) in [6.45, 7) is 4.82. The van der Waals surface area contributed by atoms with Crippen LogP contribution in [0.3, 0.4) is 0 Å². The van der Waals surface area contributed by atoms with Crippen LogP contribution in [0.4, 0.5) is 5.82 Å². The van der Waals surface area contributed by atoms with Gasteiger partial charge in [-0.1, -0.05) is 25.5 Å². The van der Waals surface area contributed by atoms with Gasteiger partial charge in [-0.25, -0.2) is 9.97 Å². The van der Waals surface area contributed by atoms with Crippen LogP contribution in [0.5, 0.6) is 0 Å². The summed E-state index contributed by atoms with van der Waals surface area (Å²) in [5.41, 5.74) is 2.75. The average Bonchev–Trinajstić information content (AvgIpc) is 2.36. The molecule has 2 aromatic rings. The van der Waals surface area contributed by atoms with Crippen LogP contribution in [0.2, 0.25) is 0 Å². The van der Waals surface area contributed by atoms with Gasteiger partial charge in [-0.3, -0.25) is 0 Å². The molecule has 2 rings (SSSR count). The third kappa shape index (κ3) is 3.10. The molecule has 0 aliphatic heterocycles. The molecule has 0 bridgehead atoms. The van der Waals surface area contributed by atoms with E-state index in [1.165, 1.54) is 0 Å². The van der Waals surface area contributed by atoms with E-state index in [1.54, 1.807) is 0 Å². The molecule has 0 spiro atoms. The lowest BCUT2D eigenvalue weighted by atomic mass is 10.2. The van der Waals surface area contributed by atoms with Crippen molar-refractivity contribution in [1.82, 2.24) is 9.97 Å². The Morgan fingerprint density at radius 2 is 1.89 bits per heavy atom. The Kier molecular flexibility index (Phi) is 4.37. The topological polar surface area (TPSA) is 37.8 Å². The number of aromatic nitrogens is 2. The minimum Gasteiger partial charge on any atom is -0.367 e. The first-order chi connectivity index (χ1) is 8.70. The molecule has 0 amide bonds. The molecule has 1 aromatic carbocycles. The number of nitrogens with zero attached hydrogens (tertiary/aromatic N) is 2. The van der Waals surface area contributed by atoms with Gasteiger partial charge in [0.25, 0.3) is 0 Å². The number of benzene rings is 1. The molecule has 3 nitrogen and oxygen atoms in total. The normalized spacial score (nSPS) is 12.6. The van der Waals surface area contributed by atoms with Crippen molar-refractivity contribution in [3.05, 3.63) is 30.0 Å². The fraction of sp³-hybridized carbons (Fsp3) is 0.429. The first-order valence-corrected chi connectivity index (χ1v) is 6.75. The molecule has 1 heterocycles. The molecule has 1 aromatic heterocycles. The zero-order valence-corrected chi connectivity index (χ0v) is 11.5. The smallest absolute Gasteiger partial charge is 0.148 e. The first-order valence-electron chi connectivity index (χ1n) is 6.32. The van der Waals surface area contributed by atoms with E-state index >= 15 is 0 Å². The average molecular weight is 264 g/mol. The summed E-state index contributed by atoms with van der Waals surface area (Å²) in [7, 11) is 0. The van der Waals surface area contributed by atoms with Crippen molar-refractivity contribution >= 4 is 28.5 Å². The van der Waals surface area contributed by atoms with Gasteiger partial charge in [0.1, 0.15) is 5.82 Å². The minimum absolute atomic E-state index is 0.141. The fourth-order valence-electron chi connectivity index (χ4n) is 1.88. The quantitative estimate of drug-likeness (QED) is 0.835. The lowest BCUT2D eigenvalue weighted by molar-refractivity contribution is 0.750. The number of para-hydroxylation sites is 2. The molecule has 0 radical (unpaired) electrons. The highest BCUT2D eigenvalue weighted by Crippen LogP contribution is 2.16. The maximum atomic E-state index is 6.19. The Morgan fingerprint density at radius 3 is 2.56 bits per heavy atom. The number of hydrogen-bond acceptors (Lipinski definition) is 3. The number of halogens is 1. The second-order valence-corrected chi connectivity index (χ2v) is 5.03. The van der Waals surface area contributed by atoms with E-state index in [0.717, 1.165) is 41.9 Å². The van der Waals surface area contributed by atoms with Gasteiger partial charge in [0.15, 0.2) is 0 Å². The van der Waals surface area contributed by atoms with Crippen molar-refractivity contribution in [1.29, 1.82) is 0 Å². The molecule has 4 heteroatoms. The molecular formula is C14H18ClN3. The molecule has 18 heavy (non-hydrogen) atoms. The molecule has 0 saturated heterocycles. The van der Waals surface area contributed by atoms with Gasteiger partial charge in [-0.05, 0) is 25.5 Å². The number of alkyl halides is 1. The lowest BCUT2D eigenvalue weighted by Crippen LogP contribution is -2.15. The van der Waals surface area contributed by atoms with E-state index in [9.17, 15) is 0 Å². The minimum atomic E-state index is 0.141. The van der Waals surface area contributed by atoms with E-state index < -0.39 is 0 Å². The van der Waals surface area contributed by atoms with Gasteiger partial charge >= 0.3 is 0 Å². The van der Waals surface area contributed by atoms with Crippen molar-refractivity contribution in [3.63, 3.8) is 0 Å². The maximum Gasteiger partial charge on any atom is 0.148 e. The second-order valence-electron chi connectivity index (χ2n) is 4.41. The van der Waals surface area contributed by atoms with Crippen LogP contribution in [-0.2, 0) is 0 Å². The summed E-state index contributed by atoms with van der Waals surface area (Å²) < 4.78 is 0. The van der Waals surface area contributed by atoms with Gasteiger partial charge < -0.3 is 5.32 Å². The number of anilines is 1. The number of aryl methyl sites for hydroxylation is 1. The fourth-order valence-corrected chi connectivity index (χ4v) is 2.17. The zero-order valence-electron chi connectivity index (χ0n) is 10.8. The Bertz CT molecular complexity index is 527. The molecule has 96 valence electrons. The van der Waals surface area contributed by atoms with Crippen molar-refractivity contribution in [2.75, 3.05) is 11.9 Å². The summed E-state index contributed by atoms with van der Waals surface area (Å²) in [4.78, 5) is 9.11. The van der Waals surface area contributed by atoms with Crippen molar-refractivity contribution in [2.24, 2.45) is 0 Å². The highest BCUT2D eigenvalue weighted by atomic mass is 35.5. The molecule has 0 saturated carbocycles. The number of rotatable bonds is 5. The van der Waals surface area contributed by atoms with E-state index in [-0.39, 0.29) is 5.38 Å². The summed E-state index contributed by atoms with van der Waals surface area (Å²) >= 11 is 6.19. The second kappa shape index (κ2) is 6.01. The highest BCUT2D eigenvalue weighted by Gasteiger charge is 2.07. The number of fused-ring (bicyclic) bond motifs is 1. The summed E-state index contributed by atoms with van der Waals surface area (Å²) in [6.07, 6.45) is 2.10. The van der Waals surface area contributed by atoms with Gasteiger partial charge in [-0.15, -0.1) is 11.6 Å². The Morgan fingerprint density at radius 1 is 1.22 bits per heavy atom. The Labute approximate surface area is 113 Å². The van der Waals surface area contributed by atoms with Crippen LogP contribution in [0.15, 0.2) is 24.3 Å². The van der Waals surface area contributed by atoms with E-state index in [2.05, 4.69) is 22.2 Å². The monoisotopic (exact) mass is 263 g/mol. The molecule has 0 aliphatic carbocycles. The van der Waals surface area contributed by atoms with Crippen molar-refractivity contribution < 1.29 is 0 Å². The van der Waals surface area contributed by atoms with Crippen molar-refractivity contribution in [3.8, 4) is 0 Å². The third-order valence-electron chi connectivity index (χ3n) is 2.84. The molecule has 1 unspecified atom stereocenters. The van der Waals surface area contributed by atoms with Gasteiger partial charge in [0.2, 0.25) is 0 Å². The van der Waals surface area contributed by atoms with Crippen LogP contribution in [0.25, 0.3) is 11.0 Å². The van der Waals surface area contributed by atoms with Crippen LogP contribution in [-0.4, -0.2) is 21.9 Å². The molecule has 0 fully saturated rings. The molecular weight excluding hydrogens is 246 g/mol. The van der Waals surface area contributed by atoms with Crippen LogP contribution < -0.4 is 5.32 Å². The predicted molar refractivity (Wildman–Crippen MR) is 77.3 cm³/mol. The molecule has 1 N–H and O–H groups in total. The van der Waals surface area contributed by atoms with E-state index in [1.807, 2.05) is 31.2 Å². The first kappa shape index (κ1) is 13.1. The van der Waals surface area contributed by atoms with E-state index in [0.29, 0.717) is 0 Å². The standard InChI is InChI=1S/C14H18ClN3/c1-3-6-11(15)9-16-14-10(2)17-12-7-4-5-8-13(12)18-14/h4-5,7-8,11H,3,6,9H2,1-2H3,(H,16,18). The van der Waals surface area contributed by atoms with E-state index in [4.69, 9.17) is 11.6 Å². The SMILES string of the molecule is CCCC(Cl)CNc1nc2ccccc2nc1C. The maximum absolute atomic E-state index is 6.19. The van der Waals surface area contributed by atoms with Gasteiger partial charge in [-0.2, -0.15) is 0 Å². The summed E-state index contributed by atoms with van der Waals surface area (Å²) in [5.74, 6) is 0.829. The zero-order chi connectivity index (χ0) is 13.0.